The van der Waals surface area contributed by atoms with Gasteiger partial charge >= 0.3 is 12.1 Å². The minimum atomic E-state index is -0.469. The van der Waals surface area contributed by atoms with Crippen molar-refractivity contribution in [3.8, 4) is 16.9 Å². The van der Waals surface area contributed by atoms with Crippen LogP contribution in [-0.2, 0) is 4.79 Å². The van der Waals surface area contributed by atoms with Crippen LogP contribution in [0.25, 0.3) is 11.1 Å². The number of ether oxygens (including phenoxy) is 1. The quantitative estimate of drug-likeness (QED) is 0.654. The summed E-state index contributed by atoms with van der Waals surface area (Å²) in [4.78, 5) is 32.6. The summed E-state index contributed by atoms with van der Waals surface area (Å²) in [5.41, 5.74) is 2.46. The lowest BCUT2D eigenvalue weighted by atomic mass is 10.1. The SMILES string of the molecule is C=N/C(=N\C=C(/C)N1CCC(=O)NC1=O)Oc1ccccc1-c1ccccc1. The first-order valence-electron chi connectivity index (χ1n) is 8.73. The molecule has 2 aromatic carbocycles. The lowest BCUT2D eigenvalue weighted by Gasteiger charge is -2.26. The van der Waals surface area contributed by atoms with Crippen molar-refractivity contribution in [2.75, 3.05) is 6.54 Å². The molecule has 1 heterocycles. The summed E-state index contributed by atoms with van der Waals surface area (Å²) in [7, 11) is 0. The number of urea groups is 1. The first-order valence-corrected chi connectivity index (χ1v) is 8.73. The first-order chi connectivity index (χ1) is 13.6. The van der Waals surface area contributed by atoms with E-state index in [4.69, 9.17) is 4.74 Å². The molecule has 1 N–H and O–H groups in total. The molecule has 0 spiro atoms. The van der Waals surface area contributed by atoms with Gasteiger partial charge in [-0.15, -0.1) is 0 Å². The summed E-state index contributed by atoms with van der Waals surface area (Å²) in [6, 6.07) is 17.0. The molecule has 0 aliphatic carbocycles. The Labute approximate surface area is 163 Å². The van der Waals surface area contributed by atoms with Gasteiger partial charge in [0.15, 0.2) is 0 Å². The second kappa shape index (κ2) is 8.77. The van der Waals surface area contributed by atoms with Crippen molar-refractivity contribution in [1.82, 2.24) is 10.2 Å². The number of nitrogens with zero attached hydrogens (tertiary/aromatic N) is 3. The van der Waals surface area contributed by atoms with Gasteiger partial charge in [0.1, 0.15) is 5.75 Å². The van der Waals surface area contributed by atoms with E-state index in [1.807, 2.05) is 54.6 Å². The molecule has 1 fully saturated rings. The van der Waals surface area contributed by atoms with Crippen molar-refractivity contribution in [2.24, 2.45) is 9.98 Å². The number of nitrogens with one attached hydrogen (secondary N) is 1. The number of allylic oxidation sites excluding steroid dienone is 1. The molecule has 1 saturated heterocycles. The Morgan fingerprint density at radius 2 is 1.86 bits per heavy atom. The van der Waals surface area contributed by atoms with E-state index in [1.165, 1.54) is 11.1 Å². The van der Waals surface area contributed by atoms with Gasteiger partial charge in [0, 0.05) is 24.2 Å². The predicted octanol–water partition coefficient (Wildman–Crippen LogP) is 3.59. The van der Waals surface area contributed by atoms with Gasteiger partial charge in [-0.2, -0.15) is 0 Å². The van der Waals surface area contributed by atoms with Crippen LogP contribution in [0.2, 0.25) is 0 Å². The van der Waals surface area contributed by atoms with Crippen LogP contribution in [-0.4, -0.2) is 36.1 Å². The van der Waals surface area contributed by atoms with E-state index < -0.39 is 6.03 Å². The summed E-state index contributed by atoms with van der Waals surface area (Å²) >= 11 is 0. The molecule has 7 heteroatoms. The van der Waals surface area contributed by atoms with E-state index in [2.05, 4.69) is 22.0 Å². The number of para-hydroxylation sites is 1. The minimum Gasteiger partial charge on any atom is -0.424 e. The summed E-state index contributed by atoms with van der Waals surface area (Å²) in [6.45, 7) is 5.52. The topological polar surface area (TPSA) is 83.4 Å². The van der Waals surface area contributed by atoms with Gasteiger partial charge in [0.25, 0.3) is 0 Å². The number of aliphatic imine (C=N–C) groups is 2. The molecule has 1 aliphatic rings. The van der Waals surface area contributed by atoms with Crippen LogP contribution in [0.5, 0.6) is 5.75 Å². The fraction of sp³-hybridized carbons (Fsp3) is 0.143. The third kappa shape index (κ3) is 4.50. The van der Waals surface area contributed by atoms with E-state index in [0.717, 1.165) is 11.1 Å². The van der Waals surface area contributed by atoms with Gasteiger partial charge in [-0.05, 0) is 25.3 Å². The van der Waals surface area contributed by atoms with E-state index in [-0.39, 0.29) is 18.3 Å². The number of hydrogen-bond acceptors (Lipinski definition) is 4. The number of hydrogen-bond donors (Lipinski definition) is 1. The molecule has 142 valence electrons. The molecule has 0 aromatic heterocycles. The second-order valence-electron chi connectivity index (χ2n) is 6.06. The number of benzene rings is 2. The van der Waals surface area contributed by atoms with Crippen molar-refractivity contribution < 1.29 is 14.3 Å². The number of amidine groups is 1. The Bertz CT molecular complexity index is 951. The molecule has 0 radical (unpaired) electrons. The number of carbonyl (C=O) groups excluding carboxylic acids is 2. The Morgan fingerprint density at radius 1 is 1.14 bits per heavy atom. The zero-order valence-electron chi connectivity index (χ0n) is 15.5. The average Bonchev–Trinajstić information content (AvgIpc) is 2.71. The Balaban J connectivity index is 1.81. The number of carbonyl (C=O) groups is 2. The van der Waals surface area contributed by atoms with E-state index in [1.54, 1.807) is 6.92 Å². The first kappa shape index (κ1) is 19.0. The zero-order chi connectivity index (χ0) is 19.9. The maximum Gasteiger partial charge on any atom is 0.328 e. The Morgan fingerprint density at radius 3 is 2.57 bits per heavy atom. The smallest absolute Gasteiger partial charge is 0.328 e. The molecule has 3 amide bonds. The van der Waals surface area contributed by atoms with Crippen LogP contribution in [0.4, 0.5) is 4.79 Å². The van der Waals surface area contributed by atoms with Gasteiger partial charge in [0.2, 0.25) is 5.91 Å². The molecule has 3 rings (SSSR count). The zero-order valence-corrected chi connectivity index (χ0v) is 15.5. The van der Waals surface area contributed by atoms with Crippen molar-refractivity contribution in [1.29, 1.82) is 0 Å². The van der Waals surface area contributed by atoms with Crippen molar-refractivity contribution in [3.05, 3.63) is 66.5 Å². The summed E-state index contributed by atoms with van der Waals surface area (Å²) in [6.07, 6.45) is 1.71. The Kier molecular flexibility index (Phi) is 5.96. The highest BCUT2D eigenvalue weighted by Crippen LogP contribution is 2.29. The second-order valence-corrected chi connectivity index (χ2v) is 6.06. The molecule has 2 aromatic rings. The highest BCUT2D eigenvalue weighted by molar-refractivity contribution is 5.97. The molecular weight excluding hydrogens is 356 g/mol. The molecular formula is C21H20N4O3. The van der Waals surface area contributed by atoms with Gasteiger partial charge in [-0.1, -0.05) is 48.5 Å². The number of imide groups is 1. The van der Waals surface area contributed by atoms with E-state index in [0.29, 0.717) is 18.0 Å². The van der Waals surface area contributed by atoms with Crippen molar-refractivity contribution >= 4 is 24.7 Å². The van der Waals surface area contributed by atoms with Gasteiger partial charge in [-0.3, -0.25) is 15.0 Å². The van der Waals surface area contributed by atoms with Crippen molar-refractivity contribution in [2.45, 2.75) is 13.3 Å². The van der Waals surface area contributed by atoms with E-state index in [9.17, 15) is 9.59 Å². The number of rotatable bonds is 4. The summed E-state index contributed by atoms with van der Waals surface area (Å²) < 4.78 is 5.83. The summed E-state index contributed by atoms with van der Waals surface area (Å²) in [5, 5.41) is 2.27. The molecule has 0 unspecified atom stereocenters. The standard InChI is InChI=1S/C21H20N4O3/c1-15(25-13-12-19(26)24-21(25)27)14-23-20(22-2)28-18-11-7-6-10-17(18)16-8-4-3-5-9-16/h3-11,14H,2,12-13H2,1H3,(H,24,26,27)/b15-14+,23-20+. The molecule has 0 atom stereocenters. The lowest BCUT2D eigenvalue weighted by Crippen LogP contribution is -2.48. The fourth-order valence-electron chi connectivity index (χ4n) is 2.73. The third-order valence-corrected chi connectivity index (χ3v) is 4.15. The Hall–Kier alpha value is -3.74. The van der Waals surface area contributed by atoms with Crippen LogP contribution in [0.3, 0.4) is 0 Å². The van der Waals surface area contributed by atoms with Crippen LogP contribution in [0.1, 0.15) is 13.3 Å². The van der Waals surface area contributed by atoms with Crippen LogP contribution >= 0.6 is 0 Å². The monoisotopic (exact) mass is 376 g/mol. The minimum absolute atomic E-state index is 0.0521. The predicted molar refractivity (Wildman–Crippen MR) is 108 cm³/mol. The lowest BCUT2D eigenvalue weighted by molar-refractivity contribution is -0.121. The maximum atomic E-state index is 11.9. The largest absolute Gasteiger partial charge is 0.424 e. The highest BCUT2D eigenvalue weighted by atomic mass is 16.5. The third-order valence-electron chi connectivity index (χ3n) is 4.15. The van der Waals surface area contributed by atoms with Gasteiger partial charge in [-0.25, -0.2) is 14.8 Å². The molecule has 1 aliphatic heterocycles. The molecule has 0 bridgehead atoms. The number of amides is 3. The fourth-order valence-corrected chi connectivity index (χ4v) is 2.73. The average molecular weight is 376 g/mol. The molecule has 0 saturated carbocycles. The van der Waals surface area contributed by atoms with Crippen molar-refractivity contribution in [3.63, 3.8) is 0 Å². The van der Waals surface area contributed by atoms with Crippen LogP contribution < -0.4 is 10.1 Å². The van der Waals surface area contributed by atoms with E-state index >= 15 is 0 Å². The highest BCUT2D eigenvalue weighted by Gasteiger charge is 2.23. The molecule has 28 heavy (non-hydrogen) atoms. The van der Waals surface area contributed by atoms with Crippen LogP contribution in [0, 0.1) is 0 Å². The van der Waals surface area contributed by atoms with Crippen LogP contribution in [0.15, 0.2) is 76.5 Å². The summed E-state index contributed by atoms with van der Waals surface area (Å²) in [5.74, 6) is 0.305. The van der Waals surface area contributed by atoms with Gasteiger partial charge < -0.3 is 4.74 Å². The molecule has 7 nitrogen and oxygen atoms in total. The maximum absolute atomic E-state index is 11.9. The van der Waals surface area contributed by atoms with Gasteiger partial charge in [0.05, 0.1) is 6.20 Å². The normalized spacial score (nSPS) is 15.2.